The smallest absolute Gasteiger partial charge is 0.202 e. The topological polar surface area (TPSA) is 96.6 Å². The molecule has 0 aliphatic carbocycles. The molecule has 1 heterocycles. The predicted molar refractivity (Wildman–Crippen MR) is 74.2 cm³/mol. The van der Waals surface area contributed by atoms with Crippen molar-refractivity contribution in [2.24, 2.45) is 5.41 Å². The lowest BCUT2D eigenvalue weighted by Gasteiger charge is -2.30. The standard InChI is InChI=1S/C14H17NO5S/c15-9-14(5-7-19-8-6-14)10-20-11-21(17,18)13-3-1-12(16)2-4-13/h1-4,16H,5-8,10-11H2. The van der Waals surface area contributed by atoms with E-state index < -0.39 is 21.2 Å². The van der Waals surface area contributed by atoms with Gasteiger partial charge in [-0.3, -0.25) is 0 Å². The summed E-state index contributed by atoms with van der Waals surface area (Å²) in [7, 11) is -3.59. The molecule has 0 amide bonds. The van der Waals surface area contributed by atoms with Crippen molar-refractivity contribution < 1.29 is 23.0 Å². The molecule has 2 rings (SSSR count). The molecule has 114 valence electrons. The largest absolute Gasteiger partial charge is 0.508 e. The van der Waals surface area contributed by atoms with E-state index in [2.05, 4.69) is 6.07 Å². The van der Waals surface area contributed by atoms with Gasteiger partial charge in [0.15, 0.2) is 5.94 Å². The van der Waals surface area contributed by atoms with Crippen LogP contribution in [-0.4, -0.2) is 39.3 Å². The lowest BCUT2D eigenvalue weighted by Crippen LogP contribution is -2.33. The fourth-order valence-electron chi connectivity index (χ4n) is 2.12. The maximum Gasteiger partial charge on any atom is 0.202 e. The number of sulfone groups is 1. The molecule has 1 N–H and O–H groups in total. The number of nitriles is 1. The van der Waals surface area contributed by atoms with Crippen LogP contribution in [0.15, 0.2) is 29.2 Å². The third-order valence-corrected chi connectivity index (χ3v) is 4.97. The Morgan fingerprint density at radius 1 is 1.29 bits per heavy atom. The molecule has 1 aliphatic heterocycles. The van der Waals surface area contributed by atoms with Crippen molar-refractivity contribution in [3.63, 3.8) is 0 Å². The highest BCUT2D eigenvalue weighted by molar-refractivity contribution is 7.91. The minimum absolute atomic E-state index is 0.000470. The molecule has 1 aromatic carbocycles. The van der Waals surface area contributed by atoms with E-state index in [0.717, 1.165) is 0 Å². The summed E-state index contributed by atoms with van der Waals surface area (Å²) in [4.78, 5) is 0.0817. The first-order valence-electron chi connectivity index (χ1n) is 6.56. The molecule has 6 nitrogen and oxygen atoms in total. The second kappa shape index (κ2) is 6.43. The van der Waals surface area contributed by atoms with E-state index in [0.29, 0.717) is 26.1 Å². The van der Waals surface area contributed by atoms with E-state index in [9.17, 15) is 13.7 Å². The van der Waals surface area contributed by atoms with Crippen LogP contribution in [0, 0.1) is 16.7 Å². The van der Waals surface area contributed by atoms with Gasteiger partial charge >= 0.3 is 0 Å². The van der Waals surface area contributed by atoms with Gasteiger partial charge in [0.2, 0.25) is 9.84 Å². The molecule has 0 aromatic heterocycles. The molecule has 1 fully saturated rings. The van der Waals surface area contributed by atoms with Gasteiger partial charge in [0.05, 0.1) is 23.0 Å². The zero-order valence-electron chi connectivity index (χ0n) is 11.5. The summed E-state index contributed by atoms with van der Waals surface area (Å²) in [6.45, 7) is 1.05. The third kappa shape index (κ3) is 3.94. The number of aromatic hydroxyl groups is 1. The van der Waals surface area contributed by atoms with E-state index in [-0.39, 0.29) is 17.3 Å². The molecule has 7 heteroatoms. The molecule has 0 saturated carbocycles. The monoisotopic (exact) mass is 311 g/mol. The van der Waals surface area contributed by atoms with Crippen LogP contribution in [0.2, 0.25) is 0 Å². The Hall–Kier alpha value is -1.62. The van der Waals surface area contributed by atoms with Crippen molar-refractivity contribution >= 4 is 9.84 Å². The van der Waals surface area contributed by atoms with Crippen molar-refractivity contribution in [2.75, 3.05) is 25.8 Å². The van der Waals surface area contributed by atoms with Gasteiger partial charge in [0.1, 0.15) is 5.75 Å². The van der Waals surface area contributed by atoms with Crippen molar-refractivity contribution in [2.45, 2.75) is 17.7 Å². The maximum atomic E-state index is 12.1. The molecule has 0 bridgehead atoms. The summed E-state index contributed by atoms with van der Waals surface area (Å²) in [6.07, 6.45) is 1.09. The molecule has 1 aromatic rings. The third-order valence-electron chi connectivity index (χ3n) is 3.50. The second-order valence-corrected chi connectivity index (χ2v) is 7.02. The first kappa shape index (κ1) is 15.8. The highest BCUT2D eigenvalue weighted by Crippen LogP contribution is 2.30. The van der Waals surface area contributed by atoms with Crippen LogP contribution >= 0.6 is 0 Å². The van der Waals surface area contributed by atoms with E-state index in [4.69, 9.17) is 14.6 Å². The van der Waals surface area contributed by atoms with Gasteiger partial charge < -0.3 is 14.6 Å². The van der Waals surface area contributed by atoms with Gasteiger partial charge in [0, 0.05) is 13.2 Å². The molecule has 0 spiro atoms. The number of phenolic OH excluding ortho intramolecular Hbond substituents is 1. The average Bonchev–Trinajstić information content (AvgIpc) is 2.48. The molecular weight excluding hydrogens is 294 g/mol. The first-order chi connectivity index (χ1) is 9.97. The fourth-order valence-corrected chi connectivity index (χ4v) is 3.11. The normalized spacial score (nSPS) is 18.0. The quantitative estimate of drug-likeness (QED) is 0.884. The number of phenols is 1. The van der Waals surface area contributed by atoms with Gasteiger partial charge in [-0.05, 0) is 37.1 Å². The number of hydrogen-bond acceptors (Lipinski definition) is 6. The van der Waals surface area contributed by atoms with Crippen LogP contribution < -0.4 is 0 Å². The zero-order valence-corrected chi connectivity index (χ0v) is 12.3. The van der Waals surface area contributed by atoms with E-state index in [1.54, 1.807) is 0 Å². The predicted octanol–water partition coefficient (Wildman–Crippen LogP) is 1.46. The zero-order chi connectivity index (χ0) is 15.3. The number of benzene rings is 1. The molecular formula is C14H17NO5S. The van der Waals surface area contributed by atoms with Crippen molar-refractivity contribution in [1.82, 2.24) is 0 Å². The lowest BCUT2D eigenvalue weighted by molar-refractivity contribution is -0.00192. The number of hydrogen-bond donors (Lipinski definition) is 1. The molecule has 0 atom stereocenters. The summed E-state index contributed by atoms with van der Waals surface area (Å²) in [5.41, 5.74) is -0.664. The van der Waals surface area contributed by atoms with Crippen molar-refractivity contribution in [3.8, 4) is 11.8 Å². The van der Waals surface area contributed by atoms with Crippen LogP contribution in [-0.2, 0) is 19.3 Å². The average molecular weight is 311 g/mol. The minimum atomic E-state index is -3.59. The number of ether oxygens (including phenoxy) is 2. The van der Waals surface area contributed by atoms with Gasteiger partial charge in [-0.15, -0.1) is 0 Å². The highest BCUT2D eigenvalue weighted by Gasteiger charge is 2.33. The Bertz CT molecular complexity index is 612. The summed E-state index contributed by atoms with van der Waals surface area (Å²) in [5.74, 6) is -0.484. The van der Waals surface area contributed by atoms with Crippen LogP contribution in [0.25, 0.3) is 0 Å². The molecule has 0 unspecified atom stereocenters. The highest BCUT2D eigenvalue weighted by atomic mass is 32.2. The number of nitrogens with zero attached hydrogens (tertiary/aromatic N) is 1. The van der Waals surface area contributed by atoms with Crippen LogP contribution in [0.5, 0.6) is 5.75 Å². The van der Waals surface area contributed by atoms with Crippen LogP contribution in [0.3, 0.4) is 0 Å². The van der Waals surface area contributed by atoms with Crippen molar-refractivity contribution in [1.29, 1.82) is 5.26 Å². The van der Waals surface area contributed by atoms with E-state index in [1.165, 1.54) is 24.3 Å². The minimum Gasteiger partial charge on any atom is -0.508 e. The van der Waals surface area contributed by atoms with Crippen molar-refractivity contribution in [3.05, 3.63) is 24.3 Å². The van der Waals surface area contributed by atoms with Gasteiger partial charge in [-0.1, -0.05) is 0 Å². The lowest BCUT2D eigenvalue weighted by atomic mass is 9.83. The summed E-state index contributed by atoms with van der Waals surface area (Å²) >= 11 is 0. The fraction of sp³-hybridized carbons (Fsp3) is 0.500. The number of rotatable bonds is 5. The van der Waals surface area contributed by atoms with Crippen LogP contribution in [0.4, 0.5) is 0 Å². The maximum absolute atomic E-state index is 12.1. The van der Waals surface area contributed by atoms with Crippen LogP contribution in [0.1, 0.15) is 12.8 Å². The molecule has 1 saturated heterocycles. The van der Waals surface area contributed by atoms with E-state index >= 15 is 0 Å². The molecule has 1 aliphatic rings. The first-order valence-corrected chi connectivity index (χ1v) is 8.21. The molecule has 21 heavy (non-hydrogen) atoms. The molecule has 0 radical (unpaired) electrons. The Labute approximate surface area is 123 Å². The summed E-state index contributed by atoms with van der Waals surface area (Å²) < 4.78 is 34.6. The second-order valence-electron chi connectivity index (χ2n) is 5.08. The summed E-state index contributed by atoms with van der Waals surface area (Å²) in [6, 6.07) is 7.48. The SMILES string of the molecule is N#CC1(COCS(=O)(=O)c2ccc(O)cc2)CCOCC1. The van der Waals surface area contributed by atoms with Gasteiger partial charge in [-0.2, -0.15) is 5.26 Å². The van der Waals surface area contributed by atoms with Gasteiger partial charge in [0.25, 0.3) is 0 Å². The summed E-state index contributed by atoms with van der Waals surface area (Å²) in [5, 5.41) is 18.4. The Morgan fingerprint density at radius 2 is 1.90 bits per heavy atom. The Kier molecular flexibility index (Phi) is 4.83. The van der Waals surface area contributed by atoms with Gasteiger partial charge in [-0.25, -0.2) is 8.42 Å². The Balaban J connectivity index is 1.96. The van der Waals surface area contributed by atoms with E-state index in [1.807, 2.05) is 0 Å². The Morgan fingerprint density at radius 3 is 2.48 bits per heavy atom.